The van der Waals surface area contributed by atoms with Crippen molar-refractivity contribution in [2.45, 2.75) is 11.8 Å². The predicted molar refractivity (Wildman–Crippen MR) is 64.9 cm³/mol. The second-order valence-corrected chi connectivity index (χ2v) is 3.92. The number of esters is 1. The van der Waals surface area contributed by atoms with Gasteiger partial charge in [0.25, 0.3) is 0 Å². The van der Waals surface area contributed by atoms with Crippen LogP contribution >= 0.6 is 12.6 Å². The van der Waals surface area contributed by atoms with Crippen LogP contribution in [0, 0.1) is 5.82 Å². The Labute approximate surface area is 103 Å². The summed E-state index contributed by atoms with van der Waals surface area (Å²) in [4.78, 5) is 15.8. The summed E-state index contributed by atoms with van der Waals surface area (Å²) in [5, 5.41) is 0.547. The van der Waals surface area contributed by atoms with E-state index in [4.69, 9.17) is 4.74 Å². The highest BCUT2D eigenvalue weighted by molar-refractivity contribution is 7.80. The first-order chi connectivity index (χ1) is 8.11. The summed E-state index contributed by atoms with van der Waals surface area (Å²) in [7, 11) is 0. The number of thiol groups is 1. The molecule has 3 nitrogen and oxygen atoms in total. The van der Waals surface area contributed by atoms with Gasteiger partial charge < -0.3 is 4.74 Å². The number of fused-ring (bicyclic) bond motifs is 1. The maximum absolute atomic E-state index is 13.3. The van der Waals surface area contributed by atoms with Crippen LogP contribution in [0.1, 0.15) is 17.3 Å². The highest BCUT2D eigenvalue weighted by Gasteiger charge is 2.09. The number of hydrogen-bond acceptors (Lipinski definition) is 4. The largest absolute Gasteiger partial charge is 0.462 e. The highest BCUT2D eigenvalue weighted by Crippen LogP contribution is 2.21. The van der Waals surface area contributed by atoms with E-state index in [0.29, 0.717) is 23.1 Å². The Balaban J connectivity index is 2.50. The van der Waals surface area contributed by atoms with Crippen LogP contribution < -0.4 is 0 Å². The molecule has 1 heterocycles. The number of rotatable bonds is 2. The smallest absolute Gasteiger partial charge is 0.339 e. The van der Waals surface area contributed by atoms with Crippen molar-refractivity contribution in [1.29, 1.82) is 0 Å². The Kier molecular flexibility index (Phi) is 3.28. The van der Waals surface area contributed by atoms with E-state index in [1.54, 1.807) is 13.0 Å². The van der Waals surface area contributed by atoms with Crippen LogP contribution in [-0.4, -0.2) is 17.6 Å². The van der Waals surface area contributed by atoms with E-state index in [0.717, 1.165) is 0 Å². The minimum absolute atomic E-state index is 0.230. The maximum atomic E-state index is 13.3. The number of aromatic nitrogens is 1. The van der Waals surface area contributed by atoms with Crippen LogP contribution in [0.25, 0.3) is 10.9 Å². The fourth-order valence-corrected chi connectivity index (χ4v) is 1.65. The van der Waals surface area contributed by atoms with Crippen molar-refractivity contribution in [3.05, 3.63) is 35.8 Å². The van der Waals surface area contributed by atoms with E-state index in [-0.39, 0.29) is 4.90 Å². The van der Waals surface area contributed by atoms with Gasteiger partial charge in [-0.2, -0.15) is 0 Å². The summed E-state index contributed by atoms with van der Waals surface area (Å²) >= 11 is 3.97. The molecule has 5 heteroatoms. The summed E-state index contributed by atoms with van der Waals surface area (Å²) in [6, 6.07) is 4.37. The molecule has 0 saturated carbocycles. The number of carbonyl (C=O) groups is 1. The third kappa shape index (κ3) is 2.39. The van der Waals surface area contributed by atoms with Gasteiger partial charge in [-0.3, -0.25) is 4.98 Å². The molecular formula is C12H10FNO2S. The molecule has 17 heavy (non-hydrogen) atoms. The Morgan fingerprint density at radius 3 is 2.94 bits per heavy atom. The lowest BCUT2D eigenvalue weighted by Crippen LogP contribution is -2.05. The van der Waals surface area contributed by atoms with Crippen molar-refractivity contribution in [3.63, 3.8) is 0 Å². The van der Waals surface area contributed by atoms with Crippen LogP contribution in [0.4, 0.5) is 4.39 Å². The number of nitrogens with zero attached hydrogens (tertiary/aromatic N) is 1. The zero-order valence-electron chi connectivity index (χ0n) is 9.11. The van der Waals surface area contributed by atoms with Crippen molar-refractivity contribution < 1.29 is 13.9 Å². The van der Waals surface area contributed by atoms with E-state index in [9.17, 15) is 9.18 Å². The molecule has 0 aliphatic carbocycles. The lowest BCUT2D eigenvalue weighted by Gasteiger charge is -2.04. The lowest BCUT2D eigenvalue weighted by atomic mass is 10.1. The first-order valence-electron chi connectivity index (χ1n) is 5.07. The number of benzene rings is 1. The van der Waals surface area contributed by atoms with Gasteiger partial charge >= 0.3 is 5.97 Å². The van der Waals surface area contributed by atoms with Crippen molar-refractivity contribution in [2.75, 3.05) is 6.61 Å². The van der Waals surface area contributed by atoms with Gasteiger partial charge in [0, 0.05) is 16.5 Å². The fourth-order valence-electron chi connectivity index (χ4n) is 1.46. The van der Waals surface area contributed by atoms with Gasteiger partial charge in [-0.1, -0.05) is 0 Å². The molecule has 1 aromatic carbocycles. The normalized spacial score (nSPS) is 10.5. The molecule has 1 aromatic heterocycles. The quantitative estimate of drug-likeness (QED) is 0.659. The molecule has 0 fully saturated rings. The van der Waals surface area contributed by atoms with Gasteiger partial charge in [0.15, 0.2) is 0 Å². The van der Waals surface area contributed by atoms with E-state index < -0.39 is 11.8 Å². The summed E-state index contributed by atoms with van der Waals surface area (Å²) in [6.07, 6.45) is 1.41. The Morgan fingerprint density at radius 2 is 2.24 bits per heavy atom. The minimum Gasteiger partial charge on any atom is -0.462 e. The zero-order valence-corrected chi connectivity index (χ0v) is 10.00. The molecule has 0 N–H and O–H groups in total. The molecule has 0 amide bonds. The number of carbonyl (C=O) groups excluding carboxylic acids is 1. The molecule has 0 atom stereocenters. The fraction of sp³-hybridized carbons (Fsp3) is 0.167. The van der Waals surface area contributed by atoms with Crippen LogP contribution in [0.15, 0.2) is 29.3 Å². The van der Waals surface area contributed by atoms with E-state index in [2.05, 4.69) is 17.6 Å². The van der Waals surface area contributed by atoms with E-state index in [1.807, 2.05) is 0 Å². The van der Waals surface area contributed by atoms with Crippen LogP contribution in [0.3, 0.4) is 0 Å². The second kappa shape index (κ2) is 4.71. The number of hydrogen-bond donors (Lipinski definition) is 1. The van der Waals surface area contributed by atoms with Crippen LogP contribution in [0.5, 0.6) is 0 Å². The molecule has 0 unspecified atom stereocenters. The standard InChI is InChI=1S/C12H10FNO2S/c1-2-16-12(15)8-3-7-4-9(13)11(17)5-10(7)14-6-8/h3-6,17H,2H2,1H3. The predicted octanol–water partition coefficient (Wildman–Crippen LogP) is 2.84. The molecule has 2 rings (SSSR count). The van der Waals surface area contributed by atoms with Crippen molar-refractivity contribution in [3.8, 4) is 0 Å². The molecule has 0 radical (unpaired) electrons. The number of pyridine rings is 1. The van der Waals surface area contributed by atoms with Gasteiger partial charge in [-0.25, -0.2) is 9.18 Å². The molecule has 0 spiro atoms. The molecule has 88 valence electrons. The van der Waals surface area contributed by atoms with E-state index in [1.165, 1.54) is 18.3 Å². The third-order valence-electron chi connectivity index (χ3n) is 2.26. The number of ether oxygens (including phenoxy) is 1. The third-order valence-corrected chi connectivity index (χ3v) is 2.60. The van der Waals surface area contributed by atoms with Gasteiger partial charge in [0.2, 0.25) is 0 Å². The van der Waals surface area contributed by atoms with Crippen LogP contribution in [-0.2, 0) is 4.74 Å². The molecule has 0 bridgehead atoms. The average Bonchev–Trinajstić information content (AvgIpc) is 2.30. The topological polar surface area (TPSA) is 39.2 Å². The SMILES string of the molecule is CCOC(=O)c1cnc2cc(S)c(F)cc2c1. The van der Waals surface area contributed by atoms with Gasteiger partial charge in [-0.05, 0) is 25.1 Å². The monoisotopic (exact) mass is 251 g/mol. The van der Waals surface area contributed by atoms with Gasteiger partial charge in [0.1, 0.15) is 5.82 Å². The summed E-state index contributed by atoms with van der Waals surface area (Å²) in [5.74, 6) is -0.902. The zero-order chi connectivity index (χ0) is 12.4. The second-order valence-electron chi connectivity index (χ2n) is 3.44. The molecule has 0 aliphatic rings. The Hall–Kier alpha value is -1.62. The lowest BCUT2D eigenvalue weighted by molar-refractivity contribution is 0.0526. The molecule has 0 saturated heterocycles. The first kappa shape index (κ1) is 11.9. The van der Waals surface area contributed by atoms with Crippen LogP contribution in [0.2, 0.25) is 0 Å². The maximum Gasteiger partial charge on any atom is 0.339 e. The molecular weight excluding hydrogens is 241 g/mol. The van der Waals surface area contributed by atoms with Crippen molar-refractivity contribution in [1.82, 2.24) is 4.98 Å². The average molecular weight is 251 g/mol. The first-order valence-corrected chi connectivity index (χ1v) is 5.52. The highest BCUT2D eigenvalue weighted by atomic mass is 32.1. The summed E-state index contributed by atoms with van der Waals surface area (Å²) in [5.41, 5.74) is 0.898. The molecule has 0 aliphatic heterocycles. The molecule has 2 aromatic rings. The summed E-state index contributed by atoms with van der Waals surface area (Å²) < 4.78 is 18.2. The minimum atomic E-state index is -0.461. The van der Waals surface area contributed by atoms with Crippen molar-refractivity contribution >= 4 is 29.5 Å². The van der Waals surface area contributed by atoms with E-state index >= 15 is 0 Å². The Morgan fingerprint density at radius 1 is 1.47 bits per heavy atom. The van der Waals surface area contributed by atoms with Gasteiger partial charge in [-0.15, -0.1) is 12.6 Å². The number of halogens is 1. The Bertz CT molecular complexity index is 586. The summed E-state index contributed by atoms with van der Waals surface area (Å²) in [6.45, 7) is 2.01. The van der Waals surface area contributed by atoms with Crippen molar-refractivity contribution in [2.24, 2.45) is 0 Å². The van der Waals surface area contributed by atoms with Gasteiger partial charge in [0.05, 0.1) is 17.7 Å².